The van der Waals surface area contributed by atoms with Crippen molar-refractivity contribution in [3.05, 3.63) is 58.9 Å². The summed E-state index contributed by atoms with van der Waals surface area (Å²) < 4.78 is 5.71. The van der Waals surface area contributed by atoms with Crippen LogP contribution in [-0.4, -0.2) is 61.7 Å². The van der Waals surface area contributed by atoms with Crippen LogP contribution in [0.1, 0.15) is 22.3 Å². The van der Waals surface area contributed by atoms with E-state index in [1.807, 2.05) is 12.4 Å². The Morgan fingerprint density at radius 1 is 1.11 bits per heavy atom. The van der Waals surface area contributed by atoms with Crippen molar-refractivity contribution < 1.29 is 4.74 Å². The van der Waals surface area contributed by atoms with Crippen molar-refractivity contribution in [3.8, 4) is 5.88 Å². The fraction of sp³-hybridized carbons (Fsp3) is 0.407. The SMILES string of the molecule is Cc1cc(Nc2cc3c(cn2)CCN(c2cnc4c(c2C)NCCO4)C3)ccc1NCCN(C)C. The summed E-state index contributed by atoms with van der Waals surface area (Å²) in [5, 5.41) is 10.5. The summed E-state index contributed by atoms with van der Waals surface area (Å²) in [4.78, 5) is 13.8. The average molecular weight is 474 g/mol. The molecule has 0 amide bonds. The smallest absolute Gasteiger partial charge is 0.237 e. The molecule has 0 unspecified atom stereocenters. The van der Waals surface area contributed by atoms with Gasteiger partial charge in [-0.1, -0.05) is 0 Å². The van der Waals surface area contributed by atoms with Crippen LogP contribution in [0.4, 0.5) is 28.6 Å². The minimum atomic E-state index is 0.661. The molecule has 2 aliphatic heterocycles. The molecule has 0 aliphatic carbocycles. The van der Waals surface area contributed by atoms with Gasteiger partial charge in [0, 0.05) is 55.9 Å². The number of nitrogens with one attached hydrogen (secondary N) is 3. The fourth-order valence-electron chi connectivity index (χ4n) is 4.74. The van der Waals surface area contributed by atoms with Gasteiger partial charge in [0.05, 0.1) is 11.9 Å². The van der Waals surface area contributed by atoms with Crippen LogP contribution in [0.5, 0.6) is 5.88 Å². The first kappa shape index (κ1) is 23.2. The number of hydrogen-bond acceptors (Lipinski definition) is 8. The van der Waals surface area contributed by atoms with Crippen LogP contribution in [0.25, 0.3) is 0 Å². The van der Waals surface area contributed by atoms with E-state index in [4.69, 9.17) is 9.72 Å². The Labute approximate surface area is 207 Å². The summed E-state index contributed by atoms with van der Waals surface area (Å²) in [6.07, 6.45) is 4.94. The van der Waals surface area contributed by atoms with Crippen molar-refractivity contribution in [1.29, 1.82) is 0 Å². The standard InChI is InChI=1S/C27H35N7O/c1-18-13-22(5-6-23(18)28-8-11-33(3)4)32-25-14-21-17-34(10-7-20(21)15-30-25)24-16-31-27-26(19(24)2)29-9-12-35-27/h5-6,13-16,28-29H,7-12,17H2,1-4H3,(H,30,32). The molecule has 0 bridgehead atoms. The van der Waals surface area contributed by atoms with Gasteiger partial charge in [0.2, 0.25) is 5.88 Å². The molecular weight excluding hydrogens is 438 g/mol. The zero-order valence-corrected chi connectivity index (χ0v) is 21.1. The van der Waals surface area contributed by atoms with Crippen molar-refractivity contribution in [2.24, 2.45) is 0 Å². The van der Waals surface area contributed by atoms with Crippen LogP contribution < -0.4 is 25.6 Å². The number of aryl methyl sites for hydroxylation is 1. The average Bonchev–Trinajstić information content (AvgIpc) is 2.85. The summed E-state index contributed by atoms with van der Waals surface area (Å²) in [6.45, 7) is 9.47. The van der Waals surface area contributed by atoms with E-state index in [-0.39, 0.29) is 0 Å². The number of rotatable bonds is 7. The molecule has 2 aromatic heterocycles. The predicted octanol–water partition coefficient (Wildman–Crippen LogP) is 4.18. The van der Waals surface area contributed by atoms with E-state index in [9.17, 15) is 0 Å². The lowest BCUT2D eigenvalue weighted by molar-refractivity contribution is 0.310. The normalized spacial score (nSPS) is 14.6. The zero-order valence-electron chi connectivity index (χ0n) is 21.1. The molecule has 0 fully saturated rings. The molecule has 0 atom stereocenters. The predicted molar refractivity (Wildman–Crippen MR) is 143 cm³/mol. The lowest BCUT2D eigenvalue weighted by Crippen LogP contribution is -2.32. The van der Waals surface area contributed by atoms with Crippen LogP contribution in [0.15, 0.2) is 36.7 Å². The van der Waals surface area contributed by atoms with E-state index in [1.54, 1.807) is 0 Å². The van der Waals surface area contributed by atoms with Gasteiger partial charge >= 0.3 is 0 Å². The van der Waals surface area contributed by atoms with Crippen molar-refractivity contribution >= 4 is 28.6 Å². The minimum Gasteiger partial charge on any atom is -0.474 e. The van der Waals surface area contributed by atoms with Gasteiger partial charge in [-0.05, 0) is 75.3 Å². The summed E-state index contributed by atoms with van der Waals surface area (Å²) in [5.41, 5.74) is 9.41. The second kappa shape index (κ2) is 10.00. The van der Waals surface area contributed by atoms with E-state index in [0.29, 0.717) is 12.5 Å². The fourth-order valence-corrected chi connectivity index (χ4v) is 4.74. The Bertz CT molecular complexity index is 1210. The molecule has 0 spiro atoms. The molecule has 1 aromatic carbocycles. The molecule has 0 radical (unpaired) electrons. The number of benzene rings is 1. The molecule has 0 saturated carbocycles. The molecule has 184 valence electrons. The first-order chi connectivity index (χ1) is 17.0. The largest absolute Gasteiger partial charge is 0.474 e. The van der Waals surface area contributed by atoms with Crippen molar-refractivity contribution in [2.75, 3.05) is 67.7 Å². The topological polar surface area (TPSA) is 77.6 Å². The Kier molecular flexibility index (Phi) is 6.63. The van der Waals surface area contributed by atoms with Gasteiger partial charge in [-0.15, -0.1) is 0 Å². The molecule has 3 N–H and O–H groups in total. The van der Waals surface area contributed by atoms with Crippen LogP contribution in [0, 0.1) is 13.8 Å². The van der Waals surface area contributed by atoms with Gasteiger partial charge in [0.15, 0.2) is 0 Å². The van der Waals surface area contributed by atoms with Crippen molar-refractivity contribution in [3.63, 3.8) is 0 Å². The number of likely N-dealkylation sites (N-methyl/N-ethyl adjacent to an activating group) is 1. The molecule has 8 nitrogen and oxygen atoms in total. The van der Waals surface area contributed by atoms with Crippen LogP contribution in [0.3, 0.4) is 0 Å². The highest BCUT2D eigenvalue weighted by molar-refractivity contribution is 5.71. The number of anilines is 5. The first-order valence-electron chi connectivity index (χ1n) is 12.3. The van der Waals surface area contributed by atoms with Crippen LogP contribution in [0.2, 0.25) is 0 Å². The Morgan fingerprint density at radius 2 is 2.00 bits per heavy atom. The van der Waals surface area contributed by atoms with Crippen molar-refractivity contribution in [1.82, 2.24) is 14.9 Å². The van der Waals surface area contributed by atoms with E-state index in [1.165, 1.54) is 27.9 Å². The number of ether oxygens (including phenoxy) is 1. The van der Waals surface area contributed by atoms with E-state index < -0.39 is 0 Å². The van der Waals surface area contributed by atoms with Gasteiger partial charge in [-0.3, -0.25) is 0 Å². The maximum atomic E-state index is 5.71. The molecule has 4 heterocycles. The highest BCUT2D eigenvalue weighted by atomic mass is 16.5. The molecule has 0 saturated heterocycles. The summed E-state index contributed by atoms with van der Waals surface area (Å²) >= 11 is 0. The second-order valence-electron chi connectivity index (χ2n) is 9.62. The number of fused-ring (bicyclic) bond motifs is 2. The Morgan fingerprint density at radius 3 is 2.83 bits per heavy atom. The zero-order chi connectivity index (χ0) is 24.4. The lowest BCUT2D eigenvalue weighted by Gasteiger charge is -2.33. The number of hydrogen-bond donors (Lipinski definition) is 3. The highest BCUT2D eigenvalue weighted by Crippen LogP contribution is 2.36. The van der Waals surface area contributed by atoms with E-state index in [2.05, 4.69) is 82.9 Å². The van der Waals surface area contributed by atoms with E-state index in [0.717, 1.165) is 62.0 Å². The van der Waals surface area contributed by atoms with Crippen LogP contribution in [-0.2, 0) is 13.0 Å². The third kappa shape index (κ3) is 5.12. The maximum Gasteiger partial charge on any atom is 0.237 e. The second-order valence-corrected chi connectivity index (χ2v) is 9.62. The first-order valence-corrected chi connectivity index (χ1v) is 12.3. The summed E-state index contributed by atoms with van der Waals surface area (Å²) in [6, 6.07) is 8.60. The Hall–Kier alpha value is -3.52. The van der Waals surface area contributed by atoms with Gasteiger partial charge < -0.3 is 30.5 Å². The maximum absolute atomic E-state index is 5.71. The molecule has 2 aliphatic rings. The molecule has 35 heavy (non-hydrogen) atoms. The monoisotopic (exact) mass is 473 g/mol. The van der Waals surface area contributed by atoms with Gasteiger partial charge in [0.25, 0.3) is 0 Å². The molecular formula is C27H35N7O. The van der Waals surface area contributed by atoms with Crippen LogP contribution >= 0.6 is 0 Å². The Balaban J connectivity index is 1.29. The number of pyridine rings is 2. The summed E-state index contributed by atoms with van der Waals surface area (Å²) in [7, 11) is 4.17. The highest BCUT2D eigenvalue weighted by Gasteiger charge is 2.23. The third-order valence-electron chi connectivity index (χ3n) is 6.73. The minimum absolute atomic E-state index is 0.661. The molecule has 5 rings (SSSR count). The quantitative estimate of drug-likeness (QED) is 0.472. The van der Waals surface area contributed by atoms with Crippen molar-refractivity contribution in [2.45, 2.75) is 26.8 Å². The van der Waals surface area contributed by atoms with Gasteiger partial charge in [0.1, 0.15) is 18.1 Å². The lowest BCUT2D eigenvalue weighted by atomic mass is 10.0. The summed E-state index contributed by atoms with van der Waals surface area (Å²) in [5.74, 6) is 1.58. The third-order valence-corrected chi connectivity index (χ3v) is 6.73. The number of nitrogens with zero attached hydrogens (tertiary/aromatic N) is 4. The van der Waals surface area contributed by atoms with E-state index >= 15 is 0 Å². The molecule has 3 aromatic rings. The number of aromatic nitrogens is 2. The molecule has 8 heteroatoms. The van der Waals surface area contributed by atoms with Gasteiger partial charge in [-0.25, -0.2) is 9.97 Å². The van der Waals surface area contributed by atoms with Gasteiger partial charge in [-0.2, -0.15) is 0 Å².